The molecular weight excluding hydrogens is 256 g/mol. The first kappa shape index (κ1) is 14.8. The summed E-state index contributed by atoms with van der Waals surface area (Å²) in [7, 11) is 1.67. The van der Waals surface area contributed by atoms with Crippen LogP contribution in [0.25, 0.3) is 0 Å². The second-order valence-corrected chi connectivity index (χ2v) is 4.76. The zero-order valence-electron chi connectivity index (χ0n) is 11.9. The first-order chi connectivity index (χ1) is 9.86. The molecule has 0 saturated carbocycles. The third kappa shape index (κ3) is 3.71. The number of hydrogen-bond acceptors (Lipinski definition) is 5. The van der Waals surface area contributed by atoms with Gasteiger partial charge in [-0.3, -0.25) is 0 Å². The largest absolute Gasteiger partial charge is 0.411 e. The molecule has 0 aromatic heterocycles. The molecule has 0 aliphatic carbocycles. The molecule has 0 atom stereocenters. The number of hydrogen-bond donors (Lipinski definition) is 1. The predicted octanol–water partition coefficient (Wildman–Crippen LogP) is 2.13. The number of nitrogens with zero attached hydrogens (tertiary/aromatic N) is 2. The van der Waals surface area contributed by atoms with E-state index in [9.17, 15) is 0 Å². The van der Waals surface area contributed by atoms with Crippen LogP contribution in [0.2, 0.25) is 0 Å². The quantitative estimate of drug-likeness (QED) is 0.471. The molecule has 0 radical (unpaired) electrons. The highest BCUT2D eigenvalue weighted by molar-refractivity contribution is 6.06. The zero-order valence-corrected chi connectivity index (χ0v) is 11.9. The Morgan fingerprint density at radius 2 is 2.10 bits per heavy atom. The highest BCUT2D eigenvalue weighted by Gasteiger charge is 2.20. The Morgan fingerprint density at radius 3 is 2.90 bits per heavy atom. The van der Waals surface area contributed by atoms with E-state index in [0.717, 1.165) is 49.5 Å². The normalized spacial score (nSPS) is 16.4. The minimum absolute atomic E-state index is 0.642. The predicted molar refractivity (Wildman–Crippen MR) is 78.9 cm³/mol. The van der Waals surface area contributed by atoms with Gasteiger partial charge in [-0.05, 0) is 12.5 Å². The number of anilines is 1. The van der Waals surface area contributed by atoms with Gasteiger partial charge in [0.15, 0.2) is 0 Å². The summed E-state index contributed by atoms with van der Waals surface area (Å²) in [5.74, 6) is 0. The van der Waals surface area contributed by atoms with Crippen molar-refractivity contribution in [2.45, 2.75) is 12.8 Å². The Morgan fingerprint density at radius 1 is 1.25 bits per heavy atom. The van der Waals surface area contributed by atoms with E-state index in [1.54, 1.807) is 7.11 Å². The molecule has 0 amide bonds. The molecule has 2 rings (SSSR count). The summed E-state index contributed by atoms with van der Waals surface area (Å²) in [6.45, 7) is 3.86. The molecule has 5 heteroatoms. The fraction of sp³-hybridized carbons (Fsp3) is 0.533. The summed E-state index contributed by atoms with van der Waals surface area (Å²) in [6.07, 6.45) is 1.75. The summed E-state index contributed by atoms with van der Waals surface area (Å²) in [4.78, 5) is 2.32. The van der Waals surface area contributed by atoms with Gasteiger partial charge in [0.1, 0.15) is 0 Å². The molecule has 0 unspecified atom stereocenters. The Balaban J connectivity index is 1.87. The van der Waals surface area contributed by atoms with E-state index in [-0.39, 0.29) is 0 Å². The third-order valence-corrected chi connectivity index (χ3v) is 3.44. The van der Waals surface area contributed by atoms with Gasteiger partial charge in [-0.1, -0.05) is 23.4 Å². The summed E-state index contributed by atoms with van der Waals surface area (Å²) < 4.78 is 10.4. The van der Waals surface area contributed by atoms with Crippen molar-refractivity contribution in [2.75, 3.05) is 44.9 Å². The molecule has 5 nitrogen and oxygen atoms in total. The first-order valence-electron chi connectivity index (χ1n) is 6.98. The van der Waals surface area contributed by atoms with Crippen molar-refractivity contribution in [1.82, 2.24) is 0 Å². The van der Waals surface area contributed by atoms with Crippen molar-refractivity contribution < 1.29 is 14.7 Å². The van der Waals surface area contributed by atoms with Gasteiger partial charge < -0.3 is 19.6 Å². The van der Waals surface area contributed by atoms with Crippen LogP contribution < -0.4 is 4.90 Å². The number of para-hydroxylation sites is 1. The maximum atomic E-state index is 9.06. The Kier molecular flexibility index (Phi) is 5.83. The van der Waals surface area contributed by atoms with E-state index < -0.39 is 0 Å². The Bertz CT molecular complexity index is 448. The topological polar surface area (TPSA) is 54.3 Å². The van der Waals surface area contributed by atoms with Crippen LogP contribution in [-0.2, 0) is 9.47 Å². The molecule has 0 spiro atoms. The number of methoxy groups -OCH3 is 1. The number of oxime groups is 1. The van der Waals surface area contributed by atoms with E-state index in [4.69, 9.17) is 14.7 Å². The fourth-order valence-corrected chi connectivity index (χ4v) is 2.43. The van der Waals surface area contributed by atoms with Crippen molar-refractivity contribution in [3.63, 3.8) is 0 Å². The van der Waals surface area contributed by atoms with Crippen molar-refractivity contribution in [3.05, 3.63) is 29.8 Å². The van der Waals surface area contributed by atoms with Crippen LogP contribution in [0.4, 0.5) is 5.69 Å². The van der Waals surface area contributed by atoms with E-state index in [1.165, 1.54) is 0 Å². The van der Waals surface area contributed by atoms with E-state index in [0.29, 0.717) is 13.2 Å². The van der Waals surface area contributed by atoms with E-state index in [2.05, 4.69) is 16.1 Å². The molecule has 1 aromatic rings. The lowest BCUT2D eigenvalue weighted by Crippen LogP contribution is -2.33. The Hall–Kier alpha value is -1.59. The highest BCUT2D eigenvalue weighted by atomic mass is 16.5. The molecular formula is C15H22N2O3. The van der Waals surface area contributed by atoms with Gasteiger partial charge in [0.2, 0.25) is 0 Å². The molecule has 0 saturated heterocycles. The lowest BCUT2D eigenvalue weighted by Gasteiger charge is -2.31. The van der Waals surface area contributed by atoms with Crippen LogP contribution in [0, 0.1) is 0 Å². The van der Waals surface area contributed by atoms with Gasteiger partial charge >= 0.3 is 0 Å². The standard InChI is InChI=1S/C15H22N2O3/c1-19-11-12-20-10-4-8-17-9-7-14(16-18)13-5-2-3-6-15(13)17/h2-3,5-6,18H,4,7-12H2,1H3/b16-14-. The molecule has 20 heavy (non-hydrogen) atoms. The van der Waals surface area contributed by atoms with Crippen molar-refractivity contribution in [1.29, 1.82) is 0 Å². The monoisotopic (exact) mass is 278 g/mol. The molecule has 1 aliphatic rings. The molecule has 1 aromatic carbocycles. The van der Waals surface area contributed by atoms with Crippen molar-refractivity contribution in [3.8, 4) is 0 Å². The summed E-state index contributed by atoms with van der Waals surface area (Å²) in [5.41, 5.74) is 2.94. The van der Waals surface area contributed by atoms with Crippen LogP contribution in [0.3, 0.4) is 0 Å². The fourth-order valence-electron chi connectivity index (χ4n) is 2.43. The second-order valence-electron chi connectivity index (χ2n) is 4.76. The summed E-state index contributed by atoms with van der Waals surface area (Å²) >= 11 is 0. The van der Waals surface area contributed by atoms with Gasteiger partial charge in [-0.15, -0.1) is 0 Å². The molecule has 1 N–H and O–H groups in total. The van der Waals surface area contributed by atoms with Crippen LogP contribution in [0.1, 0.15) is 18.4 Å². The van der Waals surface area contributed by atoms with Crippen LogP contribution >= 0.6 is 0 Å². The van der Waals surface area contributed by atoms with Gasteiger partial charge in [0.25, 0.3) is 0 Å². The maximum Gasteiger partial charge on any atom is 0.0906 e. The first-order valence-corrected chi connectivity index (χ1v) is 6.98. The van der Waals surface area contributed by atoms with Gasteiger partial charge in [-0.25, -0.2) is 0 Å². The molecule has 0 bridgehead atoms. The minimum Gasteiger partial charge on any atom is -0.411 e. The number of benzene rings is 1. The Labute approximate surface area is 119 Å². The number of ether oxygens (including phenoxy) is 2. The highest BCUT2D eigenvalue weighted by Crippen LogP contribution is 2.27. The van der Waals surface area contributed by atoms with Gasteiger partial charge in [-0.2, -0.15) is 0 Å². The van der Waals surface area contributed by atoms with Crippen molar-refractivity contribution in [2.24, 2.45) is 5.16 Å². The average molecular weight is 278 g/mol. The molecule has 1 heterocycles. The van der Waals surface area contributed by atoms with Gasteiger partial charge in [0.05, 0.1) is 18.9 Å². The number of fused-ring (bicyclic) bond motifs is 1. The third-order valence-electron chi connectivity index (χ3n) is 3.44. The smallest absolute Gasteiger partial charge is 0.0906 e. The lowest BCUT2D eigenvalue weighted by molar-refractivity contribution is 0.0700. The SMILES string of the molecule is COCCOCCCN1CC/C(=N/O)c2ccccc21. The van der Waals surface area contributed by atoms with Crippen LogP contribution in [0.15, 0.2) is 29.4 Å². The minimum atomic E-state index is 0.642. The van der Waals surface area contributed by atoms with E-state index >= 15 is 0 Å². The van der Waals surface area contributed by atoms with E-state index in [1.807, 2.05) is 18.2 Å². The van der Waals surface area contributed by atoms with Gasteiger partial charge in [0, 0.05) is 44.5 Å². The maximum absolute atomic E-state index is 9.06. The second kappa shape index (κ2) is 7.87. The molecule has 0 fully saturated rings. The average Bonchev–Trinajstić information content (AvgIpc) is 2.50. The summed E-state index contributed by atoms with van der Waals surface area (Å²) in [6, 6.07) is 8.07. The lowest BCUT2D eigenvalue weighted by atomic mass is 9.99. The van der Waals surface area contributed by atoms with Crippen LogP contribution in [-0.4, -0.2) is 50.9 Å². The molecule has 1 aliphatic heterocycles. The zero-order chi connectivity index (χ0) is 14.2. The number of rotatable bonds is 7. The van der Waals surface area contributed by atoms with Crippen molar-refractivity contribution >= 4 is 11.4 Å². The molecule has 110 valence electrons. The summed E-state index contributed by atoms with van der Waals surface area (Å²) in [5, 5.41) is 12.5. The van der Waals surface area contributed by atoms with Crippen LogP contribution in [0.5, 0.6) is 0 Å².